The monoisotopic (exact) mass is 292 g/mol. The van der Waals surface area contributed by atoms with E-state index in [2.05, 4.69) is 5.10 Å². The van der Waals surface area contributed by atoms with Crippen LogP contribution < -0.4 is 9.47 Å². The third kappa shape index (κ3) is 3.95. The molecule has 1 heterocycles. The van der Waals surface area contributed by atoms with Crippen molar-refractivity contribution in [1.82, 2.24) is 5.01 Å². The van der Waals surface area contributed by atoms with Crippen LogP contribution in [-0.4, -0.2) is 48.0 Å². The average Bonchev–Trinajstić information content (AvgIpc) is 2.49. The van der Waals surface area contributed by atoms with Gasteiger partial charge in [0.15, 0.2) is 0 Å². The van der Waals surface area contributed by atoms with Gasteiger partial charge in [-0.15, -0.1) is 0 Å². The molecule has 0 spiro atoms. The molecule has 1 N–H and O–H groups in total. The lowest BCUT2D eigenvalue weighted by molar-refractivity contribution is -0.133. The number of hydrogen-bond acceptors (Lipinski definition) is 5. The van der Waals surface area contributed by atoms with Crippen molar-refractivity contribution in [1.29, 1.82) is 0 Å². The number of aliphatic carboxylic acids is 1. The Morgan fingerprint density at radius 2 is 1.95 bits per heavy atom. The van der Waals surface area contributed by atoms with E-state index >= 15 is 0 Å². The number of benzene rings is 1. The molecule has 1 aliphatic rings. The molecule has 0 aromatic heterocycles. The number of methoxy groups -OCH3 is 1. The molecule has 0 saturated heterocycles. The molecule has 112 valence electrons. The van der Waals surface area contributed by atoms with E-state index < -0.39 is 5.97 Å². The van der Waals surface area contributed by atoms with Crippen LogP contribution in [-0.2, 0) is 9.59 Å². The molecule has 1 aromatic rings. The number of amides is 1. The van der Waals surface area contributed by atoms with Gasteiger partial charge in [-0.1, -0.05) is 0 Å². The second-order valence-corrected chi connectivity index (χ2v) is 4.39. The van der Waals surface area contributed by atoms with Crippen molar-refractivity contribution < 1.29 is 24.2 Å². The van der Waals surface area contributed by atoms with E-state index in [1.54, 1.807) is 31.4 Å². The summed E-state index contributed by atoms with van der Waals surface area (Å²) >= 11 is 0. The molecule has 0 unspecified atom stereocenters. The topological polar surface area (TPSA) is 88.4 Å². The fourth-order valence-electron chi connectivity index (χ4n) is 1.85. The van der Waals surface area contributed by atoms with Crippen molar-refractivity contribution in [2.45, 2.75) is 12.8 Å². The van der Waals surface area contributed by atoms with Gasteiger partial charge in [-0.25, -0.2) is 9.80 Å². The maximum atomic E-state index is 11.6. The van der Waals surface area contributed by atoms with Gasteiger partial charge in [0.05, 0.1) is 13.7 Å². The van der Waals surface area contributed by atoms with E-state index in [-0.39, 0.29) is 37.6 Å². The summed E-state index contributed by atoms with van der Waals surface area (Å²) in [6, 6.07) is 7.04. The van der Waals surface area contributed by atoms with Crippen LogP contribution in [0.5, 0.6) is 11.5 Å². The number of rotatable bonds is 6. The molecule has 2 rings (SSSR count). The van der Waals surface area contributed by atoms with Gasteiger partial charge in [0.25, 0.3) is 0 Å². The van der Waals surface area contributed by atoms with Crippen molar-refractivity contribution in [3.05, 3.63) is 24.3 Å². The molecule has 0 fully saturated rings. The number of carbonyl (C=O) groups excluding carboxylic acids is 1. The maximum absolute atomic E-state index is 11.6. The van der Waals surface area contributed by atoms with Gasteiger partial charge in [0.2, 0.25) is 5.91 Å². The number of hydrazone groups is 1. The van der Waals surface area contributed by atoms with Crippen LogP contribution in [0, 0.1) is 0 Å². The molecule has 0 aliphatic carbocycles. The first kappa shape index (κ1) is 14.8. The number of nitrogens with zero attached hydrogens (tertiary/aromatic N) is 2. The Kier molecular flexibility index (Phi) is 4.76. The summed E-state index contributed by atoms with van der Waals surface area (Å²) in [5.74, 6) is 0.0776. The van der Waals surface area contributed by atoms with Gasteiger partial charge in [0, 0.05) is 12.8 Å². The molecule has 7 heteroatoms. The van der Waals surface area contributed by atoms with Gasteiger partial charge in [-0.05, 0) is 24.3 Å². The number of carboxylic acid groups (broad SMARTS) is 1. The van der Waals surface area contributed by atoms with Gasteiger partial charge in [-0.3, -0.25) is 4.79 Å². The van der Waals surface area contributed by atoms with Crippen LogP contribution in [0.2, 0.25) is 0 Å². The summed E-state index contributed by atoms with van der Waals surface area (Å²) in [5, 5.41) is 13.9. The zero-order valence-electron chi connectivity index (χ0n) is 11.6. The van der Waals surface area contributed by atoms with Crippen LogP contribution in [0.3, 0.4) is 0 Å². The van der Waals surface area contributed by atoms with Gasteiger partial charge >= 0.3 is 5.97 Å². The van der Waals surface area contributed by atoms with Gasteiger partial charge in [0.1, 0.15) is 23.8 Å². The molecule has 0 radical (unpaired) electrons. The van der Waals surface area contributed by atoms with Crippen LogP contribution in [0.4, 0.5) is 0 Å². The number of carboxylic acids is 1. The standard InChI is InChI=1S/C14H16N2O5/c1-20-10-2-4-11(5-3-10)21-9-8-16-13(17)7-6-12(15-16)14(18)19/h2-5H,6-9H2,1H3,(H,18,19). The molecule has 1 amide bonds. The zero-order chi connectivity index (χ0) is 15.2. The van der Waals surface area contributed by atoms with E-state index in [0.717, 1.165) is 10.8 Å². The van der Waals surface area contributed by atoms with Crippen molar-refractivity contribution in [2.75, 3.05) is 20.3 Å². The Morgan fingerprint density at radius 1 is 1.29 bits per heavy atom. The quantitative estimate of drug-likeness (QED) is 0.849. The molecule has 0 bridgehead atoms. The SMILES string of the molecule is COc1ccc(OCCN2N=C(C(=O)O)CCC2=O)cc1. The van der Waals surface area contributed by atoms with E-state index in [1.165, 1.54) is 0 Å². The Hall–Kier alpha value is -2.57. The lowest BCUT2D eigenvalue weighted by Crippen LogP contribution is -2.36. The third-order valence-electron chi connectivity index (χ3n) is 2.98. The maximum Gasteiger partial charge on any atom is 0.352 e. The Balaban J connectivity index is 1.88. The summed E-state index contributed by atoms with van der Waals surface area (Å²) in [5.41, 5.74) is -0.000882. The molecule has 0 saturated carbocycles. The molecular formula is C14H16N2O5. The summed E-state index contributed by atoms with van der Waals surface area (Å²) in [6.07, 6.45) is 0.331. The normalized spacial score (nSPS) is 14.6. The predicted molar refractivity (Wildman–Crippen MR) is 74.5 cm³/mol. The van der Waals surface area contributed by atoms with Crippen molar-refractivity contribution in [3.63, 3.8) is 0 Å². The van der Waals surface area contributed by atoms with E-state index in [9.17, 15) is 9.59 Å². The first-order valence-electron chi connectivity index (χ1n) is 6.48. The minimum Gasteiger partial charge on any atom is -0.497 e. The Morgan fingerprint density at radius 3 is 2.57 bits per heavy atom. The van der Waals surface area contributed by atoms with E-state index in [1.807, 2.05) is 0 Å². The van der Waals surface area contributed by atoms with E-state index in [4.69, 9.17) is 14.6 Å². The molecule has 0 atom stereocenters. The molecule has 1 aromatic carbocycles. The van der Waals surface area contributed by atoms with Crippen molar-refractivity contribution >= 4 is 17.6 Å². The highest BCUT2D eigenvalue weighted by Gasteiger charge is 2.23. The van der Waals surface area contributed by atoms with Gasteiger partial charge < -0.3 is 14.6 Å². The van der Waals surface area contributed by atoms with Crippen LogP contribution >= 0.6 is 0 Å². The summed E-state index contributed by atoms with van der Waals surface area (Å²) in [6.45, 7) is 0.441. The van der Waals surface area contributed by atoms with E-state index in [0.29, 0.717) is 5.75 Å². The largest absolute Gasteiger partial charge is 0.497 e. The summed E-state index contributed by atoms with van der Waals surface area (Å²) in [4.78, 5) is 22.5. The second kappa shape index (κ2) is 6.74. The highest BCUT2D eigenvalue weighted by molar-refractivity contribution is 6.36. The Labute approximate surface area is 121 Å². The summed E-state index contributed by atoms with van der Waals surface area (Å²) in [7, 11) is 1.58. The fraction of sp³-hybridized carbons (Fsp3) is 0.357. The van der Waals surface area contributed by atoms with Crippen LogP contribution in [0.15, 0.2) is 29.4 Å². The fourth-order valence-corrected chi connectivity index (χ4v) is 1.85. The number of carbonyl (C=O) groups is 2. The minimum absolute atomic E-state index is 0.000882. The number of ether oxygens (including phenoxy) is 2. The van der Waals surface area contributed by atoms with Crippen molar-refractivity contribution in [3.8, 4) is 11.5 Å². The molecular weight excluding hydrogens is 276 g/mol. The van der Waals surface area contributed by atoms with Crippen LogP contribution in [0.25, 0.3) is 0 Å². The third-order valence-corrected chi connectivity index (χ3v) is 2.98. The first-order valence-corrected chi connectivity index (χ1v) is 6.48. The van der Waals surface area contributed by atoms with Crippen molar-refractivity contribution in [2.24, 2.45) is 5.10 Å². The summed E-state index contributed by atoms with van der Waals surface area (Å²) < 4.78 is 10.5. The second-order valence-electron chi connectivity index (χ2n) is 4.39. The van der Waals surface area contributed by atoms with Gasteiger partial charge in [-0.2, -0.15) is 5.10 Å². The minimum atomic E-state index is -1.09. The Bertz CT molecular complexity index is 553. The lowest BCUT2D eigenvalue weighted by atomic mass is 10.2. The highest BCUT2D eigenvalue weighted by atomic mass is 16.5. The first-order chi connectivity index (χ1) is 10.1. The highest BCUT2D eigenvalue weighted by Crippen LogP contribution is 2.17. The number of hydrogen-bond donors (Lipinski definition) is 1. The molecule has 1 aliphatic heterocycles. The smallest absolute Gasteiger partial charge is 0.352 e. The van der Waals surface area contributed by atoms with Crippen LogP contribution in [0.1, 0.15) is 12.8 Å². The lowest BCUT2D eigenvalue weighted by Gasteiger charge is -2.22. The molecule has 21 heavy (non-hydrogen) atoms. The molecule has 7 nitrogen and oxygen atoms in total. The average molecular weight is 292 g/mol. The predicted octanol–water partition coefficient (Wildman–Crippen LogP) is 1.14. The zero-order valence-corrected chi connectivity index (χ0v) is 11.6.